The number of rotatable bonds is 3. The number of halogens is 1. The Morgan fingerprint density at radius 3 is 2.89 bits per heavy atom. The van der Waals surface area contributed by atoms with Crippen LogP contribution in [0.1, 0.15) is 12.0 Å². The topological polar surface area (TPSA) is 88.0 Å². The molecule has 0 radical (unpaired) electrons. The van der Waals surface area contributed by atoms with Crippen LogP contribution < -0.4 is 11.1 Å². The van der Waals surface area contributed by atoms with Gasteiger partial charge in [0, 0.05) is 18.0 Å². The minimum Gasteiger partial charge on any atom is -0.360 e. The maximum atomic E-state index is 11.3. The first-order valence-electron chi connectivity index (χ1n) is 5.41. The predicted molar refractivity (Wildman–Crippen MR) is 69.4 cm³/mol. The second-order valence-corrected chi connectivity index (χ2v) is 4.30. The number of hydrogen-bond donors (Lipinski definition) is 3. The van der Waals surface area contributed by atoms with Crippen molar-refractivity contribution < 1.29 is 9.59 Å². The van der Waals surface area contributed by atoms with E-state index < -0.39 is 6.03 Å². The molecular weight excluding hydrogens is 254 g/mol. The molecule has 0 spiro atoms. The second-order valence-electron chi connectivity index (χ2n) is 3.89. The van der Waals surface area contributed by atoms with Crippen LogP contribution in [-0.4, -0.2) is 16.9 Å². The summed E-state index contributed by atoms with van der Waals surface area (Å²) >= 11 is 6.03. The molecule has 0 fully saturated rings. The highest BCUT2D eigenvalue weighted by Gasteiger charge is 2.09. The van der Waals surface area contributed by atoms with E-state index in [0.29, 0.717) is 11.4 Å². The van der Waals surface area contributed by atoms with E-state index in [0.717, 1.165) is 16.5 Å². The zero-order valence-electron chi connectivity index (χ0n) is 9.50. The van der Waals surface area contributed by atoms with Crippen molar-refractivity contribution >= 4 is 34.4 Å². The van der Waals surface area contributed by atoms with Crippen molar-refractivity contribution in [1.82, 2.24) is 10.3 Å². The Morgan fingerprint density at radius 1 is 1.39 bits per heavy atom. The quantitative estimate of drug-likeness (QED) is 0.792. The fourth-order valence-electron chi connectivity index (χ4n) is 1.83. The molecule has 0 saturated heterocycles. The minimum absolute atomic E-state index is 0.197. The molecule has 2 rings (SSSR count). The van der Waals surface area contributed by atoms with E-state index in [1.165, 1.54) is 0 Å². The van der Waals surface area contributed by atoms with Crippen molar-refractivity contribution in [3.63, 3.8) is 0 Å². The molecule has 18 heavy (non-hydrogen) atoms. The van der Waals surface area contributed by atoms with Crippen molar-refractivity contribution in [2.24, 2.45) is 5.73 Å². The average molecular weight is 266 g/mol. The Kier molecular flexibility index (Phi) is 3.53. The number of fused-ring (bicyclic) bond motifs is 1. The lowest BCUT2D eigenvalue weighted by Crippen LogP contribution is -2.35. The molecule has 94 valence electrons. The van der Waals surface area contributed by atoms with Crippen LogP contribution in [0.2, 0.25) is 5.02 Å². The molecule has 6 heteroatoms. The fraction of sp³-hybridized carbons (Fsp3) is 0.167. The fourth-order valence-corrected chi connectivity index (χ4v) is 2.06. The van der Waals surface area contributed by atoms with Crippen molar-refractivity contribution in [3.8, 4) is 0 Å². The van der Waals surface area contributed by atoms with Crippen LogP contribution >= 0.6 is 11.6 Å². The summed E-state index contributed by atoms with van der Waals surface area (Å²) in [4.78, 5) is 24.9. The molecule has 0 atom stereocenters. The van der Waals surface area contributed by atoms with Crippen LogP contribution in [-0.2, 0) is 11.2 Å². The number of nitrogens with one attached hydrogen (secondary N) is 2. The van der Waals surface area contributed by atoms with Crippen molar-refractivity contribution in [2.75, 3.05) is 0 Å². The molecule has 5 nitrogen and oxygen atoms in total. The number of para-hydroxylation sites is 1. The maximum Gasteiger partial charge on any atom is 0.318 e. The molecule has 1 aromatic heterocycles. The summed E-state index contributed by atoms with van der Waals surface area (Å²) in [6.45, 7) is 0. The number of primary amides is 1. The van der Waals surface area contributed by atoms with Gasteiger partial charge < -0.3 is 10.7 Å². The number of aryl methyl sites for hydroxylation is 1. The first kappa shape index (κ1) is 12.4. The summed E-state index contributed by atoms with van der Waals surface area (Å²) in [5, 5.41) is 3.65. The number of carbonyl (C=O) groups is 2. The SMILES string of the molecule is NC(=O)NC(=O)CCc1c[nH]c2c(Cl)cccc12. The van der Waals surface area contributed by atoms with Gasteiger partial charge in [-0.1, -0.05) is 23.7 Å². The number of urea groups is 1. The zero-order chi connectivity index (χ0) is 13.1. The van der Waals surface area contributed by atoms with E-state index in [1.807, 2.05) is 23.6 Å². The molecule has 3 amide bonds. The van der Waals surface area contributed by atoms with Crippen LogP contribution in [0, 0.1) is 0 Å². The standard InChI is InChI=1S/C12H12ClN3O2/c13-9-3-1-2-8-7(6-15-11(8)9)4-5-10(17)16-12(14)18/h1-3,6,15H,4-5H2,(H3,14,16,17,18). The Labute approximate surface area is 108 Å². The van der Waals surface area contributed by atoms with E-state index in [-0.39, 0.29) is 12.3 Å². The molecule has 0 unspecified atom stereocenters. The number of nitrogens with two attached hydrogens (primary N) is 1. The Hall–Kier alpha value is -2.01. The second kappa shape index (κ2) is 5.10. The predicted octanol–water partition coefficient (Wildman–Crippen LogP) is 1.95. The van der Waals surface area contributed by atoms with Gasteiger partial charge in [-0.2, -0.15) is 0 Å². The average Bonchev–Trinajstić information content (AvgIpc) is 2.70. The van der Waals surface area contributed by atoms with Crippen LogP contribution in [0.5, 0.6) is 0 Å². The third-order valence-electron chi connectivity index (χ3n) is 2.63. The van der Waals surface area contributed by atoms with E-state index in [4.69, 9.17) is 17.3 Å². The van der Waals surface area contributed by atoms with Crippen LogP contribution in [0.4, 0.5) is 4.79 Å². The number of aromatic nitrogens is 1. The molecule has 0 aliphatic carbocycles. The van der Waals surface area contributed by atoms with Gasteiger partial charge in [0.2, 0.25) is 5.91 Å². The Balaban J connectivity index is 2.11. The minimum atomic E-state index is -0.832. The number of imide groups is 1. The van der Waals surface area contributed by atoms with Gasteiger partial charge in [-0.15, -0.1) is 0 Å². The molecule has 1 aromatic carbocycles. The van der Waals surface area contributed by atoms with Crippen molar-refractivity contribution in [3.05, 3.63) is 35.0 Å². The summed E-state index contributed by atoms with van der Waals surface area (Å²) in [5.74, 6) is -0.390. The Morgan fingerprint density at radius 2 is 2.17 bits per heavy atom. The highest BCUT2D eigenvalue weighted by Crippen LogP contribution is 2.25. The number of benzene rings is 1. The van der Waals surface area contributed by atoms with Gasteiger partial charge in [0.25, 0.3) is 0 Å². The highest BCUT2D eigenvalue weighted by atomic mass is 35.5. The summed E-state index contributed by atoms with van der Waals surface area (Å²) in [6, 6.07) is 4.75. The van der Waals surface area contributed by atoms with Crippen molar-refractivity contribution in [2.45, 2.75) is 12.8 Å². The third kappa shape index (κ3) is 2.62. The zero-order valence-corrected chi connectivity index (χ0v) is 10.3. The van der Waals surface area contributed by atoms with Gasteiger partial charge in [-0.25, -0.2) is 4.79 Å². The normalized spacial score (nSPS) is 10.5. The number of amides is 3. The van der Waals surface area contributed by atoms with Gasteiger partial charge in [-0.05, 0) is 18.1 Å². The van der Waals surface area contributed by atoms with E-state index in [1.54, 1.807) is 6.07 Å². The highest BCUT2D eigenvalue weighted by molar-refractivity contribution is 6.35. The molecule has 0 saturated carbocycles. The smallest absolute Gasteiger partial charge is 0.318 e. The van der Waals surface area contributed by atoms with E-state index in [2.05, 4.69) is 4.98 Å². The molecule has 2 aromatic rings. The number of carbonyl (C=O) groups excluding carboxylic acids is 2. The third-order valence-corrected chi connectivity index (χ3v) is 2.95. The number of hydrogen-bond acceptors (Lipinski definition) is 2. The van der Waals surface area contributed by atoms with Crippen LogP contribution in [0.15, 0.2) is 24.4 Å². The summed E-state index contributed by atoms with van der Waals surface area (Å²) in [5.41, 5.74) is 6.69. The summed E-state index contributed by atoms with van der Waals surface area (Å²) in [6.07, 6.45) is 2.52. The lowest BCUT2D eigenvalue weighted by molar-refractivity contribution is -0.119. The first-order chi connectivity index (χ1) is 8.58. The number of H-pyrrole nitrogens is 1. The van der Waals surface area contributed by atoms with Gasteiger partial charge >= 0.3 is 6.03 Å². The van der Waals surface area contributed by atoms with Crippen LogP contribution in [0.3, 0.4) is 0 Å². The van der Waals surface area contributed by atoms with E-state index >= 15 is 0 Å². The van der Waals surface area contributed by atoms with Crippen LogP contribution in [0.25, 0.3) is 10.9 Å². The van der Waals surface area contributed by atoms with Gasteiger partial charge in [0.05, 0.1) is 10.5 Å². The summed E-state index contributed by atoms with van der Waals surface area (Å²) < 4.78 is 0. The number of aromatic amines is 1. The molecule has 0 bridgehead atoms. The lowest BCUT2D eigenvalue weighted by Gasteiger charge is -2.00. The molecular formula is C12H12ClN3O2. The maximum absolute atomic E-state index is 11.3. The van der Waals surface area contributed by atoms with Gasteiger partial charge in [-0.3, -0.25) is 10.1 Å². The van der Waals surface area contributed by atoms with Crippen molar-refractivity contribution in [1.29, 1.82) is 0 Å². The Bertz CT molecular complexity index is 606. The first-order valence-corrected chi connectivity index (χ1v) is 5.79. The van der Waals surface area contributed by atoms with Gasteiger partial charge in [0.1, 0.15) is 0 Å². The molecule has 0 aliphatic rings. The molecule has 0 aliphatic heterocycles. The molecule has 1 heterocycles. The lowest BCUT2D eigenvalue weighted by atomic mass is 10.1. The molecule has 4 N–H and O–H groups in total. The van der Waals surface area contributed by atoms with Gasteiger partial charge in [0.15, 0.2) is 0 Å². The van der Waals surface area contributed by atoms with E-state index in [9.17, 15) is 9.59 Å². The largest absolute Gasteiger partial charge is 0.360 e. The summed E-state index contributed by atoms with van der Waals surface area (Å²) in [7, 11) is 0. The monoisotopic (exact) mass is 265 g/mol.